The summed E-state index contributed by atoms with van der Waals surface area (Å²) in [7, 11) is 7.17. The molecule has 142 valence electrons. The first kappa shape index (κ1) is 19.8. The molecule has 0 radical (unpaired) electrons. The number of aryl methyl sites for hydroxylation is 1. The zero-order valence-corrected chi connectivity index (χ0v) is 16.0. The third kappa shape index (κ3) is 5.52. The Labute approximate surface area is 155 Å². The normalized spacial score (nSPS) is 12.0. The molecule has 2 aromatic rings. The van der Waals surface area contributed by atoms with Crippen molar-refractivity contribution < 1.29 is 18.7 Å². The van der Waals surface area contributed by atoms with Gasteiger partial charge in [-0.25, -0.2) is 0 Å². The SMILES string of the molecule is COc1ccc(CCCC(=O)NCC(c2ccco2)N(C)C)cc1OC. The van der Waals surface area contributed by atoms with Gasteiger partial charge in [0.05, 0.1) is 26.5 Å². The van der Waals surface area contributed by atoms with Crippen LogP contribution in [0.2, 0.25) is 0 Å². The maximum Gasteiger partial charge on any atom is 0.220 e. The van der Waals surface area contributed by atoms with E-state index in [0.29, 0.717) is 24.5 Å². The van der Waals surface area contributed by atoms with Gasteiger partial charge in [-0.15, -0.1) is 0 Å². The summed E-state index contributed by atoms with van der Waals surface area (Å²) in [5.41, 5.74) is 1.12. The van der Waals surface area contributed by atoms with Crippen LogP contribution in [-0.2, 0) is 11.2 Å². The van der Waals surface area contributed by atoms with Crippen molar-refractivity contribution >= 4 is 5.91 Å². The van der Waals surface area contributed by atoms with E-state index in [1.807, 2.05) is 49.3 Å². The number of methoxy groups -OCH3 is 2. The average Bonchev–Trinajstić information content (AvgIpc) is 3.15. The van der Waals surface area contributed by atoms with Crippen molar-refractivity contribution in [2.75, 3.05) is 34.9 Å². The topological polar surface area (TPSA) is 63.9 Å². The summed E-state index contributed by atoms with van der Waals surface area (Å²) in [5, 5.41) is 2.99. The largest absolute Gasteiger partial charge is 0.493 e. The van der Waals surface area contributed by atoms with Crippen molar-refractivity contribution in [3.8, 4) is 11.5 Å². The van der Waals surface area contributed by atoms with Gasteiger partial charge < -0.3 is 19.2 Å². The Morgan fingerprint density at radius 3 is 2.58 bits per heavy atom. The van der Waals surface area contributed by atoms with Gasteiger partial charge >= 0.3 is 0 Å². The number of benzene rings is 1. The molecular weight excluding hydrogens is 332 g/mol. The van der Waals surface area contributed by atoms with E-state index in [2.05, 4.69) is 5.32 Å². The molecule has 1 atom stereocenters. The van der Waals surface area contributed by atoms with Gasteiger partial charge in [-0.2, -0.15) is 0 Å². The van der Waals surface area contributed by atoms with Crippen LogP contribution in [0.5, 0.6) is 11.5 Å². The minimum absolute atomic E-state index is 0.0276. The van der Waals surface area contributed by atoms with E-state index >= 15 is 0 Å². The van der Waals surface area contributed by atoms with E-state index in [1.165, 1.54) is 0 Å². The predicted octanol–water partition coefficient (Wildman–Crippen LogP) is 3.04. The Balaban J connectivity index is 1.78. The van der Waals surface area contributed by atoms with Crippen LogP contribution in [0.1, 0.15) is 30.2 Å². The number of ether oxygens (including phenoxy) is 2. The lowest BCUT2D eigenvalue weighted by molar-refractivity contribution is -0.121. The maximum absolute atomic E-state index is 12.1. The number of hydrogen-bond donors (Lipinski definition) is 1. The van der Waals surface area contributed by atoms with E-state index in [0.717, 1.165) is 24.2 Å². The Morgan fingerprint density at radius 2 is 1.96 bits per heavy atom. The van der Waals surface area contributed by atoms with E-state index in [9.17, 15) is 4.79 Å². The molecule has 6 heteroatoms. The van der Waals surface area contributed by atoms with Crippen LogP contribution in [0.3, 0.4) is 0 Å². The molecule has 0 aliphatic heterocycles. The van der Waals surface area contributed by atoms with Crippen LogP contribution in [0.25, 0.3) is 0 Å². The van der Waals surface area contributed by atoms with Crippen molar-refractivity contribution in [3.63, 3.8) is 0 Å². The fourth-order valence-corrected chi connectivity index (χ4v) is 2.81. The second kappa shape index (κ2) is 9.87. The van der Waals surface area contributed by atoms with Gasteiger partial charge in [0.15, 0.2) is 11.5 Å². The fraction of sp³-hybridized carbons (Fsp3) is 0.450. The number of likely N-dealkylation sites (N-methyl/N-ethyl adjacent to an activating group) is 1. The Bertz CT molecular complexity index is 683. The number of amides is 1. The molecule has 26 heavy (non-hydrogen) atoms. The summed E-state index contributed by atoms with van der Waals surface area (Å²) in [6, 6.07) is 9.65. The third-order valence-corrected chi connectivity index (χ3v) is 4.30. The lowest BCUT2D eigenvalue weighted by atomic mass is 10.1. The predicted molar refractivity (Wildman–Crippen MR) is 101 cm³/mol. The first-order valence-electron chi connectivity index (χ1n) is 8.72. The first-order chi connectivity index (χ1) is 12.5. The Hall–Kier alpha value is -2.47. The monoisotopic (exact) mass is 360 g/mol. The third-order valence-electron chi connectivity index (χ3n) is 4.30. The number of nitrogens with zero attached hydrogens (tertiary/aromatic N) is 1. The molecule has 0 fully saturated rings. The van der Waals surface area contributed by atoms with Gasteiger partial charge in [0, 0.05) is 13.0 Å². The molecule has 1 unspecified atom stereocenters. The number of rotatable bonds is 10. The molecule has 0 spiro atoms. The van der Waals surface area contributed by atoms with Crippen molar-refractivity contribution in [1.82, 2.24) is 10.2 Å². The van der Waals surface area contributed by atoms with Gasteiger partial charge in [-0.1, -0.05) is 6.07 Å². The highest BCUT2D eigenvalue weighted by Gasteiger charge is 2.17. The van der Waals surface area contributed by atoms with Crippen molar-refractivity contribution in [1.29, 1.82) is 0 Å². The molecule has 1 heterocycles. The number of hydrogen-bond acceptors (Lipinski definition) is 5. The highest BCUT2D eigenvalue weighted by Crippen LogP contribution is 2.28. The lowest BCUT2D eigenvalue weighted by Gasteiger charge is -2.22. The summed E-state index contributed by atoms with van der Waals surface area (Å²) in [5.74, 6) is 2.31. The van der Waals surface area contributed by atoms with E-state index in [1.54, 1.807) is 20.5 Å². The molecular formula is C20H28N2O4. The minimum atomic E-state index is 0.0276. The standard InChI is InChI=1S/C20H28N2O4/c1-22(2)16(17-8-6-12-26-17)14-21-20(23)9-5-7-15-10-11-18(24-3)19(13-15)25-4/h6,8,10-13,16H,5,7,9,14H2,1-4H3,(H,21,23). The van der Waals surface area contributed by atoms with E-state index in [-0.39, 0.29) is 11.9 Å². The molecule has 0 bridgehead atoms. The molecule has 1 N–H and O–H groups in total. The lowest BCUT2D eigenvalue weighted by Crippen LogP contribution is -2.34. The molecule has 6 nitrogen and oxygen atoms in total. The smallest absolute Gasteiger partial charge is 0.220 e. The number of carbonyl (C=O) groups excluding carboxylic acids is 1. The molecule has 1 aromatic carbocycles. The Kier molecular flexibility index (Phi) is 7.53. The van der Waals surface area contributed by atoms with Crippen LogP contribution < -0.4 is 14.8 Å². The summed E-state index contributed by atoms with van der Waals surface area (Å²) in [6.45, 7) is 0.524. The van der Waals surface area contributed by atoms with Crippen molar-refractivity contribution in [2.45, 2.75) is 25.3 Å². The van der Waals surface area contributed by atoms with Crippen LogP contribution in [-0.4, -0.2) is 45.7 Å². The van der Waals surface area contributed by atoms with Gasteiger partial charge in [0.2, 0.25) is 5.91 Å². The summed E-state index contributed by atoms with van der Waals surface area (Å²) in [6.07, 6.45) is 3.71. The second-order valence-corrected chi connectivity index (χ2v) is 6.34. The molecule has 1 amide bonds. The van der Waals surface area contributed by atoms with Gasteiger partial charge in [0.1, 0.15) is 5.76 Å². The average molecular weight is 360 g/mol. The number of furan rings is 1. The Morgan fingerprint density at radius 1 is 1.19 bits per heavy atom. The van der Waals surface area contributed by atoms with Gasteiger partial charge in [0.25, 0.3) is 0 Å². The second-order valence-electron chi connectivity index (χ2n) is 6.34. The molecule has 0 saturated carbocycles. The highest BCUT2D eigenvalue weighted by molar-refractivity contribution is 5.75. The van der Waals surface area contributed by atoms with E-state index < -0.39 is 0 Å². The highest BCUT2D eigenvalue weighted by atomic mass is 16.5. The van der Waals surface area contributed by atoms with Crippen LogP contribution in [0, 0.1) is 0 Å². The zero-order chi connectivity index (χ0) is 18.9. The van der Waals surface area contributed by atoms with Crippen LogP contribution in [0.4, 0.5) is 0 Å². The van der Waals surface area contributed by atoms with Crippen LogP contribution in [0.15, 0.2) is 41.0 Å². The zero-order valence-electron chi connectivity index (χ0n) is 16.0. The number of carbonyl (C=O) groups is 1. The first-order valence-corrected chi connectivity index (χ1v) is 8.72. The van der Waals surface area contributed by atoms with Crippen LogP contribution >= 0.6 is 0 Å². The van der Waals surface area contributed by atoms with E-state index in [4.69, 9.17) is 13.9 Å². The fourth-order valence-electron chi connectivity index (χ4n) is 2.81. The quantitative estimate of drug-likeness (QED) is 0.706. The summed E-state index contributed by atoms with van der Waals surface area (Å²) in [4.78, 5) is 14.2. The summed E-state index contributed by atoms with van der Waals surface area (Å²) >= 11 is 0. The molecule has 1 aromatic heterocycles. The van der Waals surface area contributed by atoms with Crippen molar-refractivity contribution in [2.24, 2.45) is 0 Å². The maximum atomic E-state index is 12.1. The summed E-state index contributed by atoms with van der Waals surface area (Å²) < 4.78 is 16.0. The van der Waals surface area contributed by atoms with Crippen molar-refractivity contribution in [3.05, 3.63) is 47.9 Å². The minimum Gasteiger partial charge on any atom is -0.493 e. The molecule has 2 rings (SSSR count). The molecule has 0 aliphatic carbocycles. The molecule has 0 saturated heterocycles. The van der Waals surface area contributed by atoms with Gasteiger partial charge in [-0.05, 0) is 56.8 Å². The molecule has 0 aliphatic rings. The number of nitrogens with one attached hydrogen (secondary N) is 1. The van der Waals surface area contributed by atoms with Gasteiger partial charge in [-0.3, -0.25) is 9.69 Å².